The summed E-state index contributed by atoms with van der Waals surface area (Å²) >= 11 is 11.2. The number of rotatable bonds is 6. The normalized spacial score (nSPS) is 9.88. The van der Waals surface area contributed by atoms with Crippen molar-refractivity contribution in [2.75, 3.05) is 19.0 Å². The number of alkyl halides is 1. The van der Waals surface area contributed by atoms with Crippen LogP contribution in [0.5, 0.6) is 5.75 Å². The molecule has 0 aliphatic rings. The third-order valence-corrected chi connectivity index (χ3v) is 2.41. The predicted octanol–water partition coefficient (Wildman–Crippen LogP) is 2.46. The number of ether oxygens (including phenoxy) is 1. The first kappa shape index (κ1) is 13.1. The van der Waals surface area contributed by atoms with Crippen molar-refractivity contribution in [2.45, 2.75) is 6.42 Å². The summed E-state index contributed by atoms with van der Waals surface area (Å²) in [6.45, 7) is 1.06. The molecule has 0 saturated heterocycles. The van der Waals surface area contributed by atoms with Crippen molar-refractivity contribution in [2.24, 2.45) is 0 Å². The van der Waals surface area contributed by atoms with Crippen LogP contribution in [0.15, 0.2) is 24.3 Å². The minimum Gasteiger partial charge on any atom is -0.492 e. The molecule has 5 heteroatoms. The molecule has 1 aromatic carbocycles. The molecule has 0 aromatic heterocycles. The van der Waals surface area contributed by atoms with Gasteiger partial charge in [-0.25, -0.2) is 0 Å². The lowest BCUT2D eigenvalue weighted by Gasteiger charge is -2.07. The number of carbonyl (C=O) groups excluding carboxylic acids is 1. The maximum atomic E-state index is 10.8. The molecule has 0 radical (unpaired) electrons. The molecule has 0 bridgehead atoms. The van der Waals surface area contributed by atoms with Crippen LogP contribution in [-0.4, -0.2) is 24.9 Å². The molecule has 1 amide bonds. The Hall–Kier alpha value is -0.930. The minimum atomic E-state index is -0.167. The van der Waals surface area contributed by atoms with E-state index in [0.717, 1.165) is 0 Å². The Morgan fingerprint density at radius 3 is 2.81 bits per heavy atom. The van der Waals surface area contributed by atoms with E-state index in [1.165, 1.54) is 0 Å². The number of amides is 1. The van der Waals surface area contributed by atoms with E-state index in [1.54, 1.807) is 12.1 Å². The van der Waals surface area contributed by atoms with Crippen molar-refractivity contribution in [3.63, 3.8) is 0 Å². The molecule has 88 valence electrons. The molecule has 1 aromatic rings. The van der Waals surface area contributed by atoms with Gasteiger partial charge in [-0.3, -0.25) is 4.79 Å². The van der Waals surface area contributed by atoms with Gasteiger partial charge >= 0.3 is 0 Å². The predicted molar refractivity (Wildman–Crippen MR) is 65.3 cm³/mol. The second-order valence-electron chi connectivity index (χ2n) is 3.12. The lowest BCUT2D eigenvalue weighted by atomic mass is 10.3. The number of benzene rings is 1. The fourth-order valence-corrected chi connectivity index (χ4v) is 1.38. The highest BCUT2D eigenvalue weighted by Crippen LogP contribution is 2.22. The lowest BCUT2D eigenvalue weighted by molar-refractivity contribution is -0.118. The van der Waals surface area contributed by atoms with Crippen LogP contribution in [0.25, 0.3) is 0 Å². The van der Waals surface area contributed by atoms with Gasteiger partial charge in [0, 0.05) is 6.54 Å². The highest BCUT2D eigenvalue weighted by molar-refractivity contribution is 6.32. The monoisotopic (exact) mass is 261 g/mol. The zero-order valence-electron chi connectivity index (χ0n) is 8.71. The van der Waals surface area contributed by atoms with E-state index in [9.17, 15) is 4.79 Å². The van der Waals surface area contributed by atoms with Gasteiger partial charge in [-0.15, -0.1) is 11.6 Å². The minimum absolute atomic E-state index is 0.00856. The summed E-state index contributed by atoms with van der Waals surface area (Å²) in [7, 11) is 0. The molecule has 0 unspecified atom stereocenters. The molecule has 0 aliphatic heterocycles. The first-order chi connectivity index (χ1) is 7.74. The molecule has 16 heavy (non-hydrogen) atoms. The molecule has 0 spiro atoms. The third kappa shape index (κ3) is 4.73. The van der Waals surface area contributed by atoms with Gasteiger partial charge in [0.25, 0.3) is 0 Å². The van der Waals surface area contributed by atoms with Gasteiger partial charge in [0.1, 0.15) is 11.6 Å². The zero-order valence-corrected chi connectivity index (χ0v) is 10.2. The molecule has 3 nitrogen and oxygen atoms in total. The largest absolute Gasteiger partial charge is 0.492 e. The Balaban J connectivity index is 2.17. The molecule has 1 N–H and O–H groups in total. The standard InChI is InChI=1S/C11H13Cl2NO2/c12-8-11(15)14-6-3-7-16-10-5-2-1-4-9(10)13/h1-2,4-5H,3,6-8H2,(H,14,15). The van der Waals surface area contributed by atoms with Crippen molar-refractivity contribution < 1.29 is 9.53 Å². The van der Waals surface area contributed by atoms with Gasteiger partial charge in [0.05, 0.1) is 11.6 Å². The van der Waals surface area contributed by atoms with Gasteiger partial charge < -0.3 is 10.1 Å². The number of hydrogen-bond donors (Lipinski definition) is 1. The Kier molecular flexibility index (Phi) is 6.04. The van der Waals surface area contributed by atoms with Gasteiger partial charge in [-0.2, -0.15) is 0 Å². The molecule has 0 saturated carbocycles. The van der Waals surface area contributed by atoms with Gasteiger partial charge in [0.2, 0.25) is 5.91 Å². The number of carbonyl (C=O) groups is 1. The fraction of sp³-hybridized carbons (Fsp3) is 0.364. The van der Waals surface area contributed by atoms with Crippen LogP contribution < -0.4 is 10.1 Å². The van der Waals surface area contributed by atoms with Gasteiger partial charge in [-0.05, 0) is 18.6 Å². The topological polar surface area (TPSA) is 38.3 Å². The van der Waals surface area contributed by atoms with E-state index >= 15 is 0 Å². The van der Waals surface area contributed by atoms with Crippen molar-refractivity contribution in [1.29, 1.82) is 0 Å². The van der Waals surface area contributed by atoms with Crippen LogP contribution in [0, 0.1) is 0 Å². The molecule has 0 atom stereocenters. The van der Waals surface area contributed by atoms with Gasteiger partial charge in [-0.1, -0.05) is 23.7 Å². The van der Waals surface area contributed by atoms with Crippen LogP contribution in [0.1, 0.15) is 6.42 Å². The third-order valence-electron chi connectivity index (χ3n) is 1.86. The summed E-state index contributed by atoms with van der Waals surface area (Å²) in [5.41, 5.74) is 0. The highest BCUT2D eigenvalue weighted by atomic mass is 35.5. The average Bonchev–Trinajstić information content (AvgIpc) is 2.30. The van der Waals surface area contributed by atoms with Crippen LogP contribution in [0.4, 0.5) is 0 Å². The van der Waals surface area contributed by atoms with E-state index in [4.69, 9.17) is 27.9 Å². The van der Waals surface area contributed by atoms with Crippen LogP contribution in [0.3, 0.4) is 0 Å². The number of hydrogen-bond acceptors (Lipinski definition) is 2. The van der Waals surface area contributed by atoms with Crippen molar-refractivity contribution in [3.8, 4) is 5.75 Å². The SMILES string of the molecule is O=C(CCl)NCCCOc1ccccc1Cl. The zero-order chi connectivity index (χ0) is 11.8. The maximum absolute atomic E-state index is 10.8. The highest BCUT2D eigenvalue weighted by Gasteiger charge is 2.00. The van der Waals surface area contributed by atoms with Crippen molar-refractivity contribution in [3.05, 3.63) is 29.3 Å². The molecular weight excluding hydrogens is 249 g/mol. The quantitative estimate of drug-likeness (QED) is 0.631. The van der Waals surface area contributed by atoms with E-state index in [2.05, 4.69) is 5.32 Å². The Labute approximate surface area is 105 Å². The Morgan fingerprint density at radius 1 is 1.38 bits per heavy atom. The summed E-state index contributed by atoms with van der Waals surface area (Å²) in [6.07, 6.45) is 0.716. The maximum Gasteiger partial charge on any atom is 0.234 e. The number of nitrogens with one attached hydrogen (secondary N) is 1. The summed E-state index contributed by atoms with van der Waals surface area (Å²) in [5.74, 6) is 0.484. The van der Waals surface area contributed by atoms with E-state index < -0.39 is 0 Å². The van der Waals surface area contributed by atoms with E-state index in [-0.39, 0.29) is 11.8 Å². The Morgan fingerprint density at radius 2 is 2.12 bits per heavy atom. The lowest BCUT2D eigenvalue weighted by Crippen LogP contribution is -2.26. The van der Waals surface area contributed by atoms with Crippen LogP contribution in [-0.2, 0) is 4.79 Å². The number of halogens is 2. The van der Waals surface area contributed by atoms with Gasteiger partial charge in [0.15, 0.2) is 0 Å². The van der Waals surface area contributed by atoms with Crippen molar-refractivity contribution in [1.82, 2.24) is 5.32 Å². The van der Waals surface area contributed by atoms with Crippen molar-refractivity contribution >= 4 is 29.1 Å². The van der Waals surface area contributed by atoms with E-state index in [1.807, 2.05) is 12.1 Å². The van der Waals surface area contributed by atoms with Crippen LogP contribution in [0.2, 0.25) is 5.02 Å². The second kappa shape index (κ2) is 7.36. The summed E-state index contributed by atoms with van der Waals surface area (Å²) in [4.78, 5) is 10.8. The smallest absolute Gasteiger partial charge is 0.234 e. The van der Waals surface area contributed by atoms with Crippen LogP contribution >= 0.6 is 23.2 Å². The first-order valence-corrected chi connectivity index (χ1v) is 5.85. The Bertz CT molecular complexity index is 345. The molecule has 0 aliphatic carbocycles. The molecule has 0 fully saturated rings. The first-order valence-electron chi connectivity index (χ1n) is 4.94. The molecular formula is C11H13Cl2NO2. The number of para-hydroxylation sites is 1. The fourth-order valence-electron chi connectivity index (χ4n) is 1.09. The summed E-state index contributed by atoms with van der Waals surface area (Å²) in [6, 6.07) is 7.28. The van der Waals surface area contributed by atoms with E-state index in [0.29, 0.717) is 30.3 Å². The second-order valence-corrected chi connectivity index (χ2v) is 3.79. The summed E-state index contributed by atoms with van der Waals surface area (Å²) in [5, 5.41) is 3.24. The average molecular weight is 262 g/mol. The summed E-state index contributed by atoms with van der Waals surface area (Å²) < 4.78 is 5.44. The molecule has 1 rings (SSSR count). The molecule has 0 heterocycles.